The first-order valence-corrected chi connectivity index (χ1v) is 11.2. The van der Waals surface area contributed by atoms with Gasteiger partial charge in [0.2, 0.25) is 5.16 Å². The molecule has 0 aromatic carbocycles. The van der Waals surface area contributed by atoms with Crippen molar-refractivity contribution in [2.24, 2.45) is 0 Å². The molecule has 0 aliphatic rings. The Bertz CT molecular complexity index is 990. The molecule has 3 heterocycles. The minimum atomic E-state index is -1.15. The molecule has 3 aromatic rings. The zero-order chi connectivity index (χ0) is 20.8. The van der Waals surface area contributed by atoms with Gasteiger partial charge in [0.25, 0.3) is 0 Å². The van der Waals surface area contributed by atoms with Crippen molar-refractivity contribution in [3.05, 3.63) is 35.5 Å². The number of hydrogen-bond donors (Lipinski definition) is 1. The van der Waals surface area contributed by atoms with E-state index in [4.69, 9.17) is 15.5 Å². The first-order valence-electron chi connectivity index (χ1n) is 9.87. The normalized spacial score (nSPS) is 12.5. The Kier molecular flexibility index (Phi) is 7.27. The number of nitrogens with two attached hydrogens (primary N) is 1. The second kappa shape index (κ2) is 9.89. The molecule has 0 aliphatic heterocycles. The van der Waals surface area contributed by atoms with E-state index >= 15 is 0 Å². The number of fused-ring (bicyclic) bond motifs is 1. The summed E-state index contributed by atoms with van der Waals surface area (Å²) in [5, 5.41) is 0.404. The van der Waals surface area contributed by atoms with E-state index in [1.807, 2.05) is 13.8 Å². The van der Waals surface area contributed by atoms with Gasteiger partial charge < -0.3 is 15.0 Å². The van der Waals surface area contributed by atoms with Crippen molar-refractivity contribution in [3.63, 3.8) is 0 Å². The van der Waals surface area contributed by atoms with Gasteiger partial charge in [-0.15, -0.1) is 0 Å². The Hall–Kier alpha value is -2.39. The van der Waals surface area contributed by atoms with Gasteiger partial charge in [0.05, 0.1) is 16.3 Å². The summed E-state index contributed by atoms with van der Waals surface area (Å²) in [4.78, 5) is 17.2. The second-order valence-corrected chi connectivity index (χ2v) is 8.33. The number of nitrogens with zero attached hydrogens (tertiary/aromatic N) is 5. The van der Waals surface area contributed by atoms with Crippen LogP contribution in [0.4, 0.5) is 5.82 Å². The quantitative estimate of drug-likeness (QED) is 0.400. The number of anilines is 1. The van der Waals surface area contributed by atoms with Gasteiger partial charge in [-0.05, 0) is 45.2 Å². The smallest absolute Gasteiger partial charge is 0.218 e. The van der Waals surface area contributed by atoms with Crippen LogP contribution in [0.25, 0.3) is 11.0 Å². The van der Waals surface area contributed by atoms with Crippen LogP contribution in [0, 0.1) is 13.8 Å². The molecule has 8 nitrogen and oxygen atoms in total. The molecule has 0 radical (unpaired) electrons. The number of hydrogen-bond acceptors (Lipinski definition) is 7. The maximum absolute atomic E-state index is 12.2. The predicted octanol–water partition coefficient (Wildman–Crippen LogP) is 2.93. The summed E-state index contributed by atoms with van der Waals surface area (Å²) < 4.78 is 20.0. The SMILES string of the molecule is CCOCc1nc2c(N)nc(C)c(C)c2n1CCCCCS(=O)c1ncccn1. The van der Waals surface area contributed by atoms with Gasteiger partial charge >= 0.3 is 0 Å². The van der Waals surface area contributed by atoms with Crippen LogP contribution < -0.4 is 5.73 Å². The van der Waals surface area contributed by atoms with E-state index in [9.17, 15) is 4.21 Å². The Morgan fingerprint density at radius 3 is 2.62 bits per heavy atom. The van der Waals surface area contributed by atoms with Crippen LogP contribution in [0.3, 0.4) is 0 Å². The first-order chi connectivity index (χ1) is 14.0. The average molecular weight is 417 g/mol. The molecule has 0 fully saturated rings. The standard InChI is InChI=1S/C20H28N6O2S/c1-4-28-13-16-25-17-18(14(2)15(3)24-19(17)21)26(16)11-6-5-7-12-29(27)20-22-9-8-10-23-20/h8-10H,4-7,11-13H2,1-3H3,(H2,21,24). The Morgan fingerprint density at radius 2 is 1.90 bits per heavy atom. The molecular formula is C20H28N6O2S. The van der Waals surface area contributed by atoms with Crippen LogP contribution in [0.15, 0.2) is 23.6 Å². The second-order valence-electron chi connectivity index (χ2n) is 6.86. The number of pyridine rings is 1. The van der Waals surface area contributed by atoms with Crippen molar-refractivity contribution in [3.8, 4) is 0 Å². The third kappa shape index (κ3) is 4.97. The van der Waals surface area contributed by atoms with Crippen LogP contribution in [0.5, 0.6) is 0 Å². The molecule has 0 saturated carbocycles. The molecule has 9 heteroatoms. The molecule has 0 aliphatic carbocycles. The van der Waals surface area contributed by atoms with E-state index in [0.717, 1.165) is 53.9 Å². The summed E-state index contributed by atoms with van der Waals surface area (Å²) >= 11 is 0. The van der Waals surface area contributed by atoms with Gasteiger partial charge in [0, 0.05) is 37.0 Å². The van der Waals surface area contributed by atoms with Crippen LogP contribution in [0.2, 0.25) is 0 Å². The lowest BCUT2D eigenvalue weighted by Gasteiger charge is -2.12. The van der Waals surface area contributed by atoms with Crippen molar-refractivity contribution in [2.75, 3.05) is 18.1 Å². The number of aryl methyl sites for hydroxylation is 3. The zero-order valence-corrected chi connectivity index (χ0v) is 18.0. The topological polar surface area (TPSA) is 109 Å². The number of aromatic nitrogens is 5. The van der Waals surface area contributed by atoms with Gasteiger partial charge in [-0.3, -0.25) is 4.21 Å². The molecule has 0 bridgehead atoms. The largest absolute Gasteiger partial charge is 0.382 e. The number of rotatable bonds is 10. The molecule has 0 spiro atoms. The van der Waals surface area contributed by atoms with Gasteiger partial charge in [0.1, 0.15) is 17.9 Å². The minimum Gasteiger partial charge on any atom is -0.382 e. The highest BCUT2D eigenvalue weighted by Crippen LogP contribution is 2.27. The summed E-state index contributed by atoms with van der Waals surface area (Å²) in [6, 6.07) is 1.72. The molecule has 29 heavy (non-hydrogen) atoms. The Labute approximate surface area is 173 Å². The van der Waals surface area contributed by atoms with Crippen molar-refractivity contribution < 1.29 is 8.95 Å². The molecule has 0 amide bonds. The molecule has 1 atom stereocenters. The fraction of sp³-hybridized carbons (Fsp3) is 0.500. The fourth-order valence-corrected chi connectivity index (χ4v) is 4.27. The summed E-state index contributed by atoms with van der Waals surface area (Å²) in [6.07, 6.45) is 5.98. The first kappa shape index (κ1) is 21.3. The molecule has 156 valence electrons. The third-order valence-electron chi connectivity index (χ3n) is 4.87. The highest BCUT2D eigenvalue weighted by Gasteiger charge is 2.17. The van der Waals surface area contributed by atoms with Crippen LogP contribution in [-0.2, 0) is 28.7 Å². The summed E-state index contributed by atoms with van der Waals surface area (Å²) in [5.41, 5.74) is 9.91. The van der Waals surface area contributed by atoms with E-state index in [1.54, 1.807) is 18.5 Å². The van der Waals surface area contributed by atoms with Gasteiger partial charge in [-0.2, -0.15) is 0 Å². The maximum atomic E-state index is 12.2. The Balaban J connectivity index is 1.67. The zero-order valence-electron chi connectivity index (χ0n) is 17.2. The van der Waals surface area contributed by atoms with Crippen LogP contribution in [-0.4, -0.2) is 41.1 Å². The molecular weight excluding hydrogens is 388 g/mol. The van der Waals surface area contributed by atoms with Gasteiger partial charge in [0.15, 0.2) is 5.82 Å². The van der Waals surface area contributed by atoms with Crippen LogP contribution in [0.1, 0.15) is 43.3 Å². The van der Waals surface area contributed by atoms with Gasteiger partial charge in [-0.25, -0.2) is 19.9 Å². The number of unbranched alkanes of at least 4 members (excludes halogenated alkanes) is 2. The number of ether oxygens (including phenoxy) is 1. The lowest BCUT2D eigenvalue weighted by Crippen LogP contribution is -2.08. The molecule has 2 N–H and O–H groups in total. The Morgan fingerprint density at radius 1 is 1.14 bits per heavy atom. The van der Waals surface area contributed by atoms with E-state index < -0.39 is 10.8 Å². The molecule has 0 saturated heterocycles. The molecule has 1 unspecified atom stereocenters. The monoisotopic (exact) mass is 416 g/mol. The number of nitrogen functional groups attached to an aromatic ring is 1. The average Bonchev–Trinajstić information content (AvgIpc) is 3.10. The highest BCUT2D eigenvalue weighted by atomic mass is 32.2. The van der Waals surface area contributed by atoms with E-state index in [-0.39, 0.29) is 0 Å². The minimum absolute atomic E-state index is 0.404. The van der Waals surface area contributed by atoms with Crippen molar-refractivity contribution in [1.29, 1.82) is 0 Å². The third-order valence-corrected chi connectivity index (χ3v) is 6.15. The maximum Gasteiger partial charge on any atom is 0.218 e. The fourth-order valence-electron chi connectivity index (χ4n) is 3.27. The van der Waals surface area contributed by atoms with Crippen LogP contribution >= 0.6 is 0 Å². The number of imidazole rings is 1. The lowest BCUT2D eigenvalue weighted by atomic mass is 10.2. The summed E-state index contributed by atoms with van der Waals surface area (Å²) in [6.45, 7) is 7.86. The highest BCUT2D eigenvalue weighted by molar-refractivity contribution is 7.84. The molecule has 3 aromatic heterocycles. The van der Waals surface area contributed by atoms with E-state index in [1.165, 1.54) is 0 Å². The van der Waals surface area contributed by atoms with Crippen molar-refractivity contribution in [1.82, 2.24) is 24.5 Å². The van der Waals surface area contributed by atoms with E-state index in [0.29, 0.717) is 29.9 Å². The van der Waals surface area contributed by atoms with E-state index in [2.05, 4.69) is 26.4 Å². The van der Waals surface area contributed by atoms with Crippen molar-refractivity contribution >= 4 is 27.7 Å². The predicted molar refractivity (Wildman–Crippen MR) is 114 cm³/mol. The summed E-state index contributed by atoms with van der Waals surface area (Å²) in [5.74, 6) is 1.89. The molecule has 3 rings (SSSR count). The lowest BCUT2D eigenvalue weighted by molar-refractivity contribution is 0.126. The summed E-state index contributed by atoms with van der Waals surface area (Å²) in [7, 11) is -1.15. The van der Waals surface area contributed by atoms with Crippen molar-refractivity contribution in [2.45, 2.75) is 58.3 Å². The van der Waals surface area contributed by atoms with Gasteiger partial charge in [-0.1, -0.05) is 6.42 Å².